The van der Waals surface area contributed by atoms with Crippen LogP contribution in [0.4, 0.5) is 10.5 Å². The van der Waals surface area contributed by atoms with Crippen LogP contribution in [0.2, 0.25) is 5.02 Å². The number of nitrogens with one attached hydrogen (secondary N) is 1. The lowest BCUT2D eigenvalue weighted by Crippen LogP contribution is -2.54. The number of benzene rings is 2. The number of urea groups is 1. The highest BCUT2D eigenvalue weighted by atomic mass is 35.5. The molecule has 1 fully saturated rings. The fraction of sp³-hybridized carbons (Fsp3) is 0.190. The van der Waals surface area contributed by atoms with Gasteiger partial charge >= 0.3 is 6.03 Å². The van der Waals surface area contributed by atoms with Gasteiger partial charge in [0.25, 0.3) is 11.8 Å². The summed E-state index contributed by atoms with van der Waals surface area (Å²) in [5.41, 5.74) is 0.466. The minimum atomic E-state index is -0.906. The molecule has 0 spiro atoms. The molecule has 0 aliphatic carbocycles. The number of hydrogen-bond donors (Lipinski definition) is 1. The third kappa shape index (κ3) is 4.08. The Hall–Kier alpha value is -3.52. The number of rotatable bonds is 6. The summed E-state index contributed by atoms with van der Waals surface area (Å²) in [6, 6.07) is 8.74. The normalized spacial score (nSPS) is 15.3. The van der Waals surface area contributed by atoms with E-state index < -0.39 is 17.8 Å². The monoisotopic (exact) mass is 430 g/mol. The van der Waals surface area contributed by atoms with Crippen molar-refractivity contribution in [2.24, 2.45) is 0 Å². The van der Waals surface area contributed by atoms with E-state index in [0.29, 0.717) is 17.9 Å². The number of methoxy groups -OCH3 is 2. The molecule has 1 heterocycles. The molecule has 0 saturated carbocycles. The lowest BCUT2D eigenvalue weighted by atomic mass is 10.1. The average molecular weight is 431 g/mol. The van der Waals surface area contributed by atoms with Crippen LogP contribution in [0.5, 0.6) is 17.2 Å². The maximum atomic E-state index is 13.1. The number of carbonyl (C=O) groups is 3. The molecular formula is C21H19ClN2O6. The molecule has 0 radical (unpaired) electrons. The molecule has 8 nitrogen and oxygen atoms in total. The molecular weight excluding hydrogens is 412 g/mol. The molecule has 1 aliphatic heterocycles. The number of anilines is 1. The summed E-state index contributed by atoms with van der Waals surface area (Å²) in [5.74, 6) is -0.537. The van der Waals surface area contributed by atoms with Crippen LogP contribution >= 0.6 is 11.6 Å². The lowest BCUT2D eigenvalue weighted by molar-refractivity contribution is -0.122. The number of imide groups is 2. The summed E-state index contributed by atoms with van der Waals surface area (Å²) in [4.78, 5) is 38.7. The van der Waals surface area contributed by atoms with Gasteiger partial charge in [-0.05, 0) is 30.7 Å². The molecule has 156 valence electrons. The highest BCUT2D eigenvalue weighted by Crippen LogP contribution is 2.39. The van der Waals surface area contributed by atoms with E-state index in [-0.39, 0.29) is 27.8 Å². The number of ether oxygens (including phenoxy) is 3. The van der Waals surface area contributed by atoms with Crippen molar-refractivity contribution in [3.63, 3.8) is 0 Å². The zero-order valence-corrected chi connectivity index (χ0v) is 17.3. The van der Waals surface area contributed by atoms with Crippen LogP contribution in [-0.2, 0) is 9.59 Å². The van der Waals surface area contributed by atoms with Crippen molar-refractivity contribution in [2.45, 2.75) is 6.92 Å². The molecule has 0 unspecified atom stereocenters. The van der Waals surface area contributed by atoms with Crippen LogP contribution in [-0.4, -0.2) is 38.7 Å². The first-order valence-corrected chi connectivity index (χ1v) is 9.33. The van der Waals surface area contributed by atoms with Gasteiger partial charge in [-0.1, -0.05) is 23.7 Å². The van der Waals surface area contributed by atoms with Crippen molar-refractivity contribution in [1.29, 1.82) is 0 Å². The average Bonchev–Trinajstić information content (AvgIpc) is 2.73. The molecule has 0 aromatic heterocycles. The number of nitrogens with zero attached hydrogens (tertiary/aromatic N) is 1. The van der Waals surface area contributed by atoms with E-state index in [1.165, 1.54) is 32.4 Å². The van der Waals surface area contributed by atoms with Gasteiger partial charge in [0.1, 0.15) is 22.8 Å². The Bertz CT molecular complexity index is 1030. The molecule has 1 saturated heterocycles. The minimum absolute atomic E-state index is 0.0892. The van der Waals surface area contributed by atoms with Gasteiger partial charge in [-0.15, -0.1) is 0 Å². The molecule has 1 aliphatic rings. The molecule has 0 atom stereocenters. The van der Waals surface area contributed by atoms with E-state index in [2.05, 4.69) is 5.32 Å². The van der Waals surface area contributed by atoms with Gasteiger partial charge in [-0.2, -0.15) is 0 Å². The van der Waals surface area contributed by atoms with Crippen LogP contribution in [0.3, 0.4) is 0 Å². The highest BCUT2D eigenvalue weighted by Gasteiger charge is 2.38. The Morgan fingerprint density at radius 1 is 1.03 bits per heavy atom. The predicted molar refractivity (Wildman–Crippen MR) is 111 cm³/mol. The topological polar surface area (TPSA) is 94.2 Å². The summed E-state index contributed by atoms with van der Waals surface area (Å²) in [7, 11) is 2.77. The second kappa shape index (κ2) is 8.87. The molecule has 3 rings (SSSR count). The molecule has 0 bridgehead atoms. The van der Waals surface area contributed by atoms with Crippen molar-refractivity contribution in [1.82, 2.24) is 5.32 Å². The highest BCUT2D eigenvalue weighted by molar-refractivity contribution is 6.39. The maximum absolute atomic E-state index is 13.1. The number of barbiturate groups is 1. The van der Waals surface area contributed by atoms with Gasteiger partial charge in [-0.3, -0.25) is 14.9 Å². The number of carbonyl (C=O) groups excluding carboxylic acids is 3. The molecule has 9 heteroatoms. The quantitative estimate of drug-likeness (QED) is 0.557. The van der Waals surface area contributed by atoms with Crippen molar-refractivity contribution < 1.29 is 28.6 Å². The van der Waals surface area contributed by atoms with E-state index in [1.54, 1.807) is 24.3 Å². The molecule has 2 aromatic carbocycles. The first-order valence-electron chi connectivity index (χ1n) is 8.95. The summed E-state index contributed by atoms with van der Waals surface area (Å²) < 4.78 is 15.8. The number of halogens is 1. The Morgan fingerprint density at radius 3 is 2.30 bits per heavy atom. The molecule has 4 amide bonds. The van der Waals surface area contributed by atoms with Gasteiger partial charge in [0.05, 0.1) is 31.5 Å². The third-order valence-electron chi connectivity index (χ3n) is 4.30. The zero-order chi connectivity index (χ0) is 21.8. The fourth-order valence-corrected chi connectivity index (χ4v) is 3.12. The van der Waals surface area contributed by atoms with Crippen LogP contribution in [0, 0.1) is 0 Å². The smallest absolute Gasteiger partial charge is 0.336 e. The van der Waals surface area contributed by atoms with E-state index in [9.17, 15) is 14.4 Å². The number of hydrogen-bond acceptors (Lipinski definition) is 6. The second-order valence-corrected chi connectivity index (χ2v) is 6.53. The van der Waals surface area contributed by atoms with E-state index in [4.69, 9.17) is 25.8 Å². The van der Waals surface area contributed by atoms with Gasteiger partial charge in [-0.25, -0.2) is 9.69 Å². The van der Waals surface area contributed by atoms with Gasteiger partial charge in [0.15, 0.2) is 0 Å². The SMILES string of the molecule is CCOc1ccc(/C=C2\C(=O)NC(=O)N(c3cc(OC)c(Cl)cc3OC)C2=O)cc1. The Morgan fingerprint density at radius 2 is 1.70 bits per heavy atom. The Balaban J connectivity index is 2.03. The summed E-state index contributed by atoms with van der Waals surface area (Å²) in [6.07, 6.45) is 1.40. The van der Waals surface area contributed by atoms with Crippen LogP contribution < -0.4 is 24.4 Å². The largest absolute Gasteiger partial charge is 0.495 e. The van der Waals surface area contributed by atoms with Gasteiger partial charge < -0.3 is 14.2 Å². The standard InChI is InChI=1S/C21H19ClN2O6/c1-4-30-13-7-5-12(6-8-13)9-14-19(25)23-21(27)24(20(14)26)16-11-17(28-2)15(22)10-18(16)29-3/h5-11H,4H2,1-3H3,(H,23,25,27)/b14-9+. The summed E-state index contributed by atoms with van der Waals surface area (Å²) in [6.45, 7) is 2.39. The maximum Gasteiger partial charge on any atom is 0.336 e. The van der Waals surface area contributed by atoms with Gasteiger partial charge in [0.2, 0.25) is 0 Å². The summed E-state index contributed by atoms with van der Waals surface area (Å²) in [5, 5.41) is 2.41. The van der Waals surface area contributed by atoms with Crippen molar-refractivity contribution in [2.75, 3.05) is 25.7 Å². The fourth-order valence-electron chi connectivity index (χ4n) is 2.89. The third-order valence-corrected chi connectivity index (χ3v) is 4.59. The molecule has 2 aromatic rings. The minimum Gasteiger partial charge on any atom is -0.495 e. The van der Waals surface area contributed by atoms with E-state index in [0.717, 1.165) is 4.90 Å². The lowest BCUT2D eigenvalue weighted by Gasteiger charge is -2.28. The zero-order valence-electron chi connectivity index (χ0n) is 16.5. The van der Waals surface area contributed by atoms with Crippen molar-refractivity contribution in [3.05, 3.63) is 52.6 Å². The van der Waals surface area contributed by atoms with Crippen molar-refractivity contribution >= 4 is 41.2 Å². The van der Waals surface area contributed by atoms with Gasteiger partial charge in [0, 0.05) is 12.1 Å². The van der Waals surface area contributed by atoms with Crippen LogP contribution in [0.15, 0.2) is 42.0 Å². The second-order valence-electron chi connectivity index (χ2n) is 6.12. The number of amides is 4. The summed E-state index contributed by atoms with van der Waals surface area (Å²) >= 11 is 6.10. The molecule has 30 heavy (non-hydrogen) atoms. The van der Waals surface area contributed by atoms with Crippen LogP contribution in [0.1, 0.15) is 12.5 Å². The Kier molecular flexibility index (Phi) is 6.27. The van der Waals surface area contributed by atoms with E-state index in [1.807, 2.05) is 6.92 Å². The predicted octanol–water partition coefficient (Wildman–Crippen LogP) is 3.42. The Labute approximate surface area is 178 Å². The van der Waals surface area contributed by atoms with Crippen molar-refractivity contribution in [3.8, 4) is 17.2 Å². The molecule has 1 N–H and O–H groups in total. The van der Waals surface area contributed by atoms with E-state index >= 15 is 0 Å². The first-order chi connectivity index (χ1) is 14.4. The first kappa shape index (κ1) is 21.2. The van der Waals surface area contributed by atoms with Crippen LogP contribution in [0.25, 0.3) is 6.08 Å².